The molecule has 0 aliphatic heterocycles. The van der Waals surface area contributed by atoms with Crippen LogP contribution >= 0.6 is 27.3 Å². The van der Waals surface area contributed by atoms with Crippen molar-refractivity contribution in [3.05, 3.63) is 50.4 Å². The largest absolute Gasteiger partial charge is 0.306 e. The van der Waals surface area contributed by atoms with Gasteiger partial charge in [-0.25, -0.2) is 0 Å². The number of nitrogens with zero attached hydrogens (tertiary/aromatic N) is 1. The molecule has 2 aromatic heterocycles. The number of nitrogens with one attached hydrogen (secondary N) is 1. The topological polar surface area (TPSA) is 24.9 Å². The van der Waals surface area contributed by atoms with Crippen molar-refractivity contribution in [3.8, 4) is 0 Å². The summed E-state index contributed by atoms with van der Waals surface area (Å²) >= 11 is 5.38. The van der Waals surface area contributed by atoms with Crippen molar-refractivity contribution >= 4 is 27.3 Å². The first kappa shape index (κ1) is 12.7. The summed E-state index contributed by atoms with van der Waals surface area (Å²) in [5.74, 6) is 0. The Balaban J connectivity index is 2.39. The maximum atomic E-state index is 4.25. The van der Waals surface area contributed by atoms with Gasteiger partial charge in [0.15, 0.2) is 0 Å². The summed E-state index contributed by atoms with van der Waals surface area (Å²) in [5, 5.41) is 5.63. The van der Waals surface area contributed by atoms with Crippen molar-refractivity contribution in [2.45, 2.75) is 19.9 Å². The van der Waals surface area contributed by atoms with Crippen LogP contribution in [0.5, 0.6) is 0 Å². The molecule has 0 radical (unpaired) electrons. The minimum atomic E-state index is 0.246. The van der Waals surface area contributed by atoms with Gasteiger partial charge in [-0.15, -0.1) is 11.3 Å². The highest BCUT2D eigenvalue weighted by Gasteiger charge is 2.17. The molecule has 0 aliphatic carbocycles. The minimum Gasteiger partial charge on any atom is -0.306 e. The summed E-state index contributed by atoms with van der Waals surface area (Å²) in [7, 11) is 0. The van der Waals surface area contributed by atoms with Gasteiger partial charge in [0.05, 0.1) is 6.04 Å². The lowest BCUT2D eigenvalue weighted by atomic mass is 10.1. The lowest BCUT2D eigenvalue weighted by molar-refractivity contribution is 0.636. The molecule has 0 saturated carbocycles. The van der Waals surface area contributed by atoms with Crippen LogP contribution in [0.1, 0.15) is 29.1 Å². The third-order valence-electron chi connectivity index (χ3n) is 2.57. The molecule has 1 unspecified atom stereocenters. The number of aryl methyl sites for hydroxylation is 1. The Kier molecular flexibility index (Phi) is 4.31. The summed E-state index contributed by atoms with van der Waals surface area (Å²) in [6.45, 7) is 5.09. The Morgan fingerprint density at radius 1 is 1.47 bits per heavy atom. The predicted molar refractivity (Wildman–Crippen MR) is 76.5 cm³/mol. The lowest BCUT2D eigenvalue weighted by Crippen LogP contribution is -2.21. The Hall–Kier alpha value is -0.710. The molecule has 0 aliphatic rings. The van der Waals surface area contributed by atoms with Crippen LogP contribution < -0.4 is 5.32 Å². The second-order valence-corrected chi connectivity index (χ2v) is 5.66. The van der Waals surface area contributed by atoms with Gasteiger partial charge in [-0.2, -0.15) is 0 Å². The second-order valence-electron chi connectivity index (χ2n) is 3.85. The molecule has 1 atom stereocenters. The first-order chi connectivity index (χ1) is 8.22. The van der Waals surface area contributed by atoms with Crippen LogP contribution in [0, 0.1) is 6.92 Å². The Morgan fingerprint density at radius 2 is 2.29 bits per heavy atom. The number of hydrogen-bond donors (Lipinski definition) is 1. The number of thiophene rings is 1. The fraction of sp³-hybridized carbons (Fsp3) is 0.308. The molecule has 0 saturated heterocycles. The summed E-state index contributed by atoms with van der Waals surface area (Å²) in [4.78, 5) is 5.57. The zero-order valence-electron chi connectivity index (χ0n) is 9.90. The van der Waals surface area contributed by atoms with Gasteiger partial charge in [-0.05, 0) is 58.5 Å². The van der Waals surface area contributed by atoms with E-state index in [2.05, 4.69) is 56.7 Å². The summed E-state index contributed by atoms with van der Waals surface area (Å²) in [6, 6.07) is 6.56. The number of aromatic nitrogens is 1. The molecule has 0 aromatic carbocycles. The molecule has 0 fully saturated rings. The standard InChI is InChI=1S/C13H15BrN2S/c1-3-15-12(13-11(14)5-7-17-13)10-4-6-16-9(2)8-10/h4-8,12,15H,3H2,1-2H3. The van der Waals surface area contributed by atoms with Crippen LogP contribution in [-0.2, 0) is 0 Å². The van der Waals surface area contributed by atoms with E-state index < -0.39 is 0 Å². The molecule has 90 valence electrons. The van der Waals surface area contributed by atoms with E-state index >= 15 is 0 Å². The van der Waals surface area contributed by atoms with Crippen molar-refractivity contribution < 1.29 is 0 Å². The van der Waals surface area contributed by atoms with E-state index in [-0.39, 0.29) is 6.04 Å². The van der Waals surface area contributed by atoms with E-state index in [4.69, 9.17) is 0 Å². The van der Waals surface area contributed by atoms with Crippen molar-refractivity contribution in [2.75, 3.05) is 6.54 Å². The predicted octanol–water partition coefficient (Wildman–Crippen LogP) is 3.91. The van der Waals surface area contributed by atoms with Crippen LogP contribution in [0.25, 0.3) is 0 Å². The van der Waals surface area contributed by atoms with Gasteiger partial charge in [-0.3, -0.25) is 4.98 Å². The maximum Gasteiger partial charge on any atom is 0.0683 e. The molecular weight excluding hydrogens is 296 g/mol. The third kappa shape index (κ3) is 2.94. The van der Waals surface area contributed by atoms with E-state index in [0.29, 0.717) is 0 Å². The normalized spacial score (nSPS) is 12.6. The molecule has 0 bridgehead atoms. The van der Waals surface area contributed by atoms with Crippen molar-refractivity contribution in [1.82, 2.24) is 10.3 Å². The van der Waals surface area contributed by atoms with Gasteiger partial charge >= 0.3 is 0 Å². The van der Waals surface area contributed by atoms with E-state index in [0.717, 1.165) is 12.2 Å². The fourth-order valence-electron chi connectivity index (χ4n) is 1.82. The molecule has 2 rings (SSSR count). The Labute approximate surface area is 114 Å². The van der Waals surface area contributed by atoms with Gasteiger partial charge in [0.2, 0.25) is 0 Å². The molecule has 4 heteroatoms. The summed E-state index contributed by atoms with van der Waals surface area (Å²) < 4.78 is 1.17. The van der Waals surface area contributed by atoms with Gasteiger partial charge in [-0.1, -0.05) is 6.92 Å². The van der Waals surface area contributed by atoms with Crippen LogP contribution in [-0.4, -0.2) is 11.5 Å². The third-order valence-corrected chi connectivity index (χ3v) is 4.50. The molecule has 1 N–H and O–H groups in total. The molecule has 2 heterocycles. The second kappa shape index (κ2) is 5.76. The average molecular weight is 311 g/mol. The highest BCUT2D eigenvalue weighted by molar-refractivity contribution is 9.10. The van der Waals surface area contributed by atoms with Crippen molar-refractivity contribution in [1.29, 1.82) is 0 Å². The van der Waals surface area contributed by atoms with Crippen LogP contribution in [0.3, 0.4) is 0 Å². The molecule has 0 spiro atoms. The van der Waals surface area contributed by atoms with Crippen LogP contribution in [0.15, 0.2) is 34.2 Å². The highest BCUT2D eigenvalue weighted by Crippen LogP contribution is 2.33. The van der Waals surface area contributed by atoms with E-state index in [1.807, 2.05) is 13.1 Å². The minimum absolute atomic E-state index is 0.246. The van der Waals surface area contributed by atoms with E-state index in [1.54, 1.807) is 11.3 Å². The van der Waals surface area contributed by atoms with Gasteiger partial charge in [0.25, 0.3) is 0 Å². The molecule has 2 aromatic rings. The van der Waals surface area contributed by atoms with E-state index in [1.165, 1.54) is 14.9 Å². The quantitative estimate of drug-likeness (QED) is 0.926. The zero-order chi connectivity index (χ0) is 12.3. The van der Waals surface area contributed by atoms with Crippen molar-refractivity contribution in [3.63, 3.8) is 0 Å². The smallest absolute Gasteiger partial charge is 0.0683 e. The Morgan fingerprint density at radius 3 is 2.88 bits per heavy atom. The number of pyridine rings is 1. The van der Waals surface area contributed by atoms with Gasteiger partial charge < -0.3 is 5.32 Å². The van der Waals surface area contributed by atoms with Crippen molar-refractivity contribution in [2.24, 2.45) is 0 Å². The summed E-state index contributed by atoms with van der Waals surface area (Å²) in [6.07, 6.45) is 1.87. The maximum absolute atomic E-state index is 4.25. The van der Waals surface area contributed by atoms with E-state index in [9.17, 15) is 0 Å². The molecule has 17 heavy (non-hydrogen) atoms. The number of hydrogen-bond acceptors (Lipinski definition) is 3. The van der Waals surface area contributed by atoms with Gasteiger partial charge in [0, 0.05) is 21.2 Å². The van der Waals surface area contributed by atoms with Crippen LogP contribution in [0.2, 0.25) is 0 Å². The number of halogens is 1. The van der Waals surface area contributed by atoms with Gasteiger partial charge in [0.1, 0.15) is 0 Å². The molecule has 0 amide bonds. The lowest BCUT2D eigenvalue weighted by Gasteiger charge is -2.18. The first-order valence-corrected chi connectivity index (χ1v) is 7.28. The SMILES string of the molecule is CCNC(c1ccnc(C)c1)c1sccc1Br. The fourth-order valence-corrected chi connectivity index (χ4v) is 3.53. The van der Waals surface area contributed by atoms with Crippen LogP contribution in [0.4, 0.5) is 0 Å². The Bertz CT molecular complexity index is 496. The molecule has 2 nitrogen and oxygen atoms in total. The number of rotatable bonds is 4. The zero-order valence-corrected chi connectivity index (χ0v) is 12.3. The summed E-state index contributed by atoms with van der Waals surface area (Å²) in [5.41, 5.74) is 2.32. The highest BCUT2D eigenvalue weighted by atomic mass is 79.9. The monoisotopic (exact) mass is 310 g/mol. The average Bonchev–Trinajstić information content (AvgIpc) is 2.72. The first-order valence-electron chi connectivity index (χ1n) is 5.61. The molecular formula is C13H15BrN2S.